The number of thiophene rings is 1. The summed E-state index contributed by atoms with van der Waals surface area (Å²) in [6.07, 6.45) is 0.714. The van der Waals surface area contributed by atoms with Crippen LogP contribution in [0.25, 0.3) is 0 Å². The predicted octanol–water partition coefficient (Wildman–Crippen LogP) is 4.51. The third-order valence-electron chi connectivity index (χ3n) is 3.16. The number of nitrogens with zero attached hydrogens (tertiary/aromatic N) is 1. The van der Waals surface area contributed by atoms with E-state index in [0.717, 1.165) is 13.1 Å². The molecule has 0 bridgehead atoms. The number of hydrogen-bond acceptors (Lipinski definition) is 4. The maximum atomic E-state index is 12.3. The molecule has 1 aromatic carbocycles. The van der Waals surface area contributed by atoms with Gasteiger partial charge in [-0.25, -0.2) is 0 Å². The van der Waals surface area contributed by atoms with Crippen LogP contribution in [0.1, 0.15) is 22.2 Å². The second kappa shape index (κ2) is 8.61. The highest BCUT2D eigenvalue weighted by Gasteiger charge is 2.15. The minimum Gasteiger partial charge on any atom is -0.483 e. The van der Waals surface area contributed by atoms with Crippen molar-refractivity contribution in [3.8, 4) is 5.75 Å². The smallest absolute Gasteiger partial charge is 0.260 e. The van der Waals surface area contributed by atoms with E-state index >= 15 is 0 Å². The summed E-state index contributed by atoms with van der Waals surface area (Å²) in [7, 11) is 0. The molecule has 7 heteroatoms. The molecule has 0 N–H and O–H groups in total. The van der Waals surface area contributed by atoms with Crippen LogP contribution in [0.4, 0.5) is 0 Å². The van der Waals surface area contributed by atoms with Gasteiger partial charge >= 0.3 is 0 Å². The van der Waals surface area contributed by atoms with Crippen LogP contribution in [-0.4, -0.2) is 30.2 Å². The lowest BCUT2D eigenvalue weighted by Gasteiger charge is -2.20. The SMILES string of the molecule is CCN(Cc1ccc(Br)s1)C(=O)COc1ccc(Br)cc1C=O. The number of amides is 1. The third kappa shape index (κ3) is 5.16. The molecule has 0 spiro atoms. The van der Waals surface area contributed by atoms with Crippen LogP contribution in [-0.2, 0) is 11.3 Å². The van der Waals surface area contributed by atoms with Crippen molar-refractivity contribution in [3.05, 3.63) is 49.0 Å². The fraction of sp³-hybridized carbons (Fsp3) is 0.250. The molecule has 0 fully saturated rings. The third-order valence-corrected chi connectivity index (χ3v) is 5.26. The predicted molar refractivity (Wildman–Crippen MR) is 98.1 cm³/mol. The quantitative estimate of drug-likeness (QED) is 0.571. The molecular weight excluding hydrogens is 446 g/mol. The normalized spacial score (nSPS) is 10.4. The van der Waals surface area contributed by atoms with E-state index in [0.29, 0.717) is 30.7 Å². The van der Waals surface area contributed by atoms with Crippen LogP contribution in [0, 0.1) is 0 Å². The van der Waals surface area contributed by atoms with Gasteiger partial charge in [-0.2, -0.15) is 0 Å². The van der Waals surface area contributed by atoms with Crippen LogP contribution < -0.4 is 4.74 Å². The van der Waals surface area contributed by atoms with E-state index < -0.39 is 0 Å². The molecule has 0 unspecified atom stereocenters. The van der Waals surface area contributed by atoms with Crippen molar-refractivity contribution >= 4 is 55.4 Å². The van der Waals surface area contributed by atoms with Gasteiger partial charge in [-0.1, -0.05) is 15.9 Å². The first-order valence-corrected chi connectivity index (χ1v) is 9.33. The molecule has 1 heterocycles. The first-order valence-electron chi connectivity index (χ1n) is 6.93. The van der Waals surface area contributed by atoms with Gasteiger partial charge in [0.2, 0.25) is 0 Å². The zero-order chi connectivity index (χ0) is 16.8. The molecular formula is C16H15Br2NO3S. The Morgan fingerprint density at radius 1 is 1.30 bits per heavy atom. The molecule has 0 saturated heterocycles. The molecule has 0 radical (unpaired) electrons. The van der Waals surface area contributed by atoms with Gasteiger partial charge in [-0.15, -0.1) is 11.3 Å². The van der Waals surface area contributed by atoms with Gasteiger partial charge in [0.1, 0.15) is 5.75 Å². The van der Waals surface area contributed by atoms with E-state index in [2.05, 4.69) is 31.9 Å². The molecule has 23 heavy (non-hydrogen) atoms. The maximum Gasteiger partial charge on any atom is 0.260 e. The molecule has 2 aromatic rings. The first-order chi connectivity index (χ1) is 11.0. The fourth-order valence-corrected chi connectivity index (χ4v) is 3.85. The summed E-state index contributed by atoms with van der Waals surface area (Å²) in [5, 5.41) is 0. The number of carbonyl (C=O) groups excluding carboxylic acids is 2. The maximum absolute atomic E-state index is 12.3. The minimum atomic E-state index is -0.114. The summed E-state index contributed by atoms with van der Waals surface area (Å²) < 4.78 is 7.35. The van der Waals surface area contributed by atoms with Crippen LogP contribution in [0.3, 0.4) is 0 Å². The van der Waals surface area contributed by atoms with Crippen molar-refractivity contribution < 1.29 is 14.3 Å². The van der Waals surface area contributed by atoms with Crippen LogP contribution in [0.5, 0.6) is 5.75 Å². The van der Waals surface area contributed by atoms with E-state index in [1.54, 1.807) is 34.4 Å². The average Bonchev–Trinajstić information content (AvgIpc) is 2.96. The minimum absolute atomic E-state index is 0.0944. The van der Waals surface area contributed by atoms with Crippen molar-refractivity contribution in [1.29, 1.82) is 0 Å². The number of likely N-dealkylation sites (N-methyl/N-ethyl adjacent to an activating group) is 1. The Morgan fingerprint density at radius 3 is 2.70 bits per heavy atom. The Labute approximate surface area is 155 Å². The summed E-state index contributed by atoms with van der Waals surface area (Å²) in [6, 6.07) is 9.06. The van der Waals surface area contributed by atoms with Crippen molar-refractivity contribution in [2.24, 2.45) is 0 Å². The van der Waals surface area contributed by atoms with Crippen molar-refractivity contribution in [3.63, 3.8) is 0 Å². The molecule has 1 aromatic heterocycles. The molecule has 4 nitrogen and oxygen atoms in total. The highest BCUT2D eigenvalue weighted by atomic mass is 79.9. The zero-order valence-electron chi connectivity index (χ0n) is 12.4. The van der Waals surface area contributed by atoms with Crippen LogP contribution in [0.2, 0.25) is 0 Å². The topological polar surface area (TPSA) is 46.6 Å². The van der Waals surface area contributed by atoms with Gasteiger partial charge in [0.05, 0.1) is 15.9 Å². The lowest BCUT2D eigenvalue weighted by Crippen LogP contribution is -2.34. The zero-order valence-corrected chi connectivity index (χ0v) is 16.4. The monoisotopic (exact) mass is 459 g/mol. The van der Waals surface area contributed by atoms with Gasteiger partial charge in [-0.3, -0.25) is 9.59 Å². The first kappa shape index (κ1) is 18.2. The van der Waals surface area contributed by atoms with Gasteiger partial charge in [0, 0.05) is 15.9 Å². The number of benzene rings is 1. The molecule has 0 saturated carbocycles. The number of halogens is 2. The molecule has 122 valence electrons. The Kier molecular flexibility index (Phi) is 6.80. The van der Waals surface area contributed by atoms with Gasteiger partial charge in [-0.05, 0) is 53.2 Å². The van der Waals surface area contributed by atoms with E-state index in [1.165, 1.54) is 0 Å². The Balaban J connectivity index is 1.98. The molecule has 0 atom stereocenters. The second-order valence-electron chi connectivity index (χ2n) is 4.70. The number of hydrogen-bond donors (Lipinski definition) is 0. The van der Waals surface area contributed by atoms with Crippen LogP contribution in [0.15, 0.2) is 38.6 Å². The highest BCUT2D eigenvalue weighted by Crippen LogP contribution is 2.24. The number of ether oxygens (including phenoxy) is 1. The van der Waals surface area contributed by atoms with E-state index in [9.17, 15) is 9.59 Å². The number of carbonyl (C=O) groups is 2. The standard InChI is InChI=1S/C16H15Br2NO3S/c1-2-19(8-13-4-6-15(18)23-13)16(21)10-22-14-5-3-12(17)7-11(14)9-20/h3-7,9H,2,8,10H2,1H3. The lowest BCUT2D eigenvalue weighted by atomic mass is 10.2. The lowest BCUT2D eigenvalue weighted by molar-refractivity contribution is -0.133. The molecule has 0 aliphatic carbocycles. The summed E-state index contributed by atoms with van der Waals surface area (Å²) in [5.41, 5.74) is 0.414. The summed E-state index contributed by atoms with van der Waals surface area (Å²) in [6.45, 7) is 2.98. The summed E-state index contributed by atoms with van der Waals surface area (Å²) >= 11 is 8.32. The van der Waals surface area contributed by atoms with Crippen LogP contribution >= 0.6 is 43.2 Å². The largest absolute Gasteiger partial charge is 0.483 e. The number of rotatable bonds is 7. The van der Waals surface area contributed by atoms with Gasteiger partial charge in [0.25, 0.3) is 5.91 Å². The van der Waals surface area contributed by atoms with E-state index in [1.807, 2.05) is 19.1 Å². The van der Waals surface area contributed by atoms with E-state index in [-0.39, 0.29) is 12.5 Å². The highest BCUT2D eigenvalue weighted by molar-refractivity contribution is 9.11. The summed E-state index contributed by atoms with van der Waals surface area (Å²) in [5.74, 6) is 0.295. The summed E-state index contributed by atoms with van der Waals surface area (Å²) in [4.78, 5) is 26.2. The van der Waals surface area contributed by atoms with Gasteiger partial charge < -0.3 is 9.64 Å². The Morgan fingerprint density at radius 2 is 2.09 bits per heavy atom. The van der Waals surface area contributed by atoms with Crippen molar-refractivity contribution in [2.75, 3.05) is 13.2 Å². The molecule has 0 aliphatic rings. The second-order valence-corrected chi connectivity index (χ2v) is 8.17. The molecule has 1 amide bonds. The van der Waals surface area contributed by atoms with E-state index in [4.69, 9.17) is 4.74 Å². The number of aldehydes is 1. The van der Waals surface area contributed by atoms with Crippen molar-refractivity contribution in [2.45, 2.75) is 13.5 Å². The molecule has 0 aliphatic heterocycles. The Bertz CT molecular complexity index is 702. The average molecular weight is 461 g/mol. The van der Waals surface area contributed by atoms with Crippen molar-refractivity contribution in [1.82, 2.24) is 4.90 Å². The van der Waals surface area contributed by atoms with Gasteiger partial charge in [0.15, 0.2) is 12.9 Å². The Hall–Kier alpha value is -1.18. The fourth-order valence-electron chi connectivity index (χ4n) is 1.97. The molecule has 2 rings (SSSR count).